The van der Waals surface area contributed by atoms with Crippen LogP contribution in [0.1, 0.15) is 12.5 Å². The van der Waals surface area contributed by atoms with Crippen LogP contribution in [0.3, 0.4) is 0 Å². The number of hydrogen-bond acceptors (Lipinski definition) is 3. The highest BCUT2D eigenvalue weighted by molar-refractivity contribution is 14.1. The zero-order valence-electron chi connectivity index (χ0n) is 8.75. The zero-order chi connectivity index (χ0) is 11.3. The molecule has 0 aliphatic rings. The van der Waals surface area contributed by atoms with E-state index < -0.39 is 0 Å². The minimum Gasteiger partial charge on any atom is -0.496 e. The molecule has 0 spiro atoms. The van der Waals surface area contributed by atoms with Gasteiger partial charge in [0.05, 0.1) is 23.7 Å². The summed E-state index contributed by atoms with van der Waals surface area (Å²) in [4.78, 5) is 11.2. The summed E-state index contributed by atoms with van der Waals surface area (Å²) in [5.41, 5.74) is 0.943. The predicted octanol–water partition coefficient (Wildman–Crippen LogP) is 2.41. The molecule has 0 aliphatic carbocycles. The van der Waals surface area contributed by atoms with E-state index in [-0.39, 0.29) is 5.97 Å². The minimum atomic E-state index is -0.196. The SMILES string of the molecule is CCOC(=O)Cc1ccc(OC)c(I)c1. The first kappa shape index (κ1) is 12.3. The van der Waals surface area contributed by atoms with E-state index in [1.807, 2.05) is 18.2 Å². The fraction of sp³-hybridized carbons (Fsp3) is 0.364. The van der Waals surface area contributed by atoms with Crippen molar-refractivity contribution in [2.45, 2.75) is 13.3 Å². The lowest BCUT2D eigenvalue weighted by molar-refractivity contribution is -0.142. The molecule has 15 heavy (non-hydrogen) atoms. The molecule has 0 bridgehead atoms. The number of halogens is 1. The molecule has 0 N–H and O–H groups in total. The highest BCUT2D eigenvalue weighted by Crippen LogP contribution is 2.21. The van der Waals surface area contributed by atoms with Crippen LogP contribution in [0.15, 0.2) is 18.2 Å². The van der Waals surface area contributed by atoms with Crippen molar-refractivity contribution in [2.75, 3.05) is 13.7 Å². The third-order valence-corrected chi connectivity index (χ3v) is 2.71. The zero-order valence-corrected chi connectivity index (χ0v) is 10.9. The van der Waals surface area contributed by atoms with Crippen LogP contribution in [0.4, 0.5) is 0 Å². The van der Waals surface area contributed by atoms with Crippen molar-refractivity contribution in [3.05, 3.63) is 27.3 Å². The van der Waals surface area contributed by atoms with Gasteiger partial charge in [-0.1, -0.05) is 6.07 Å². The molecule has 3 nitrogen and oxygen atoms in total. The molecule has 4 heteroatoms. The fourth-order valence-electron chi connectivity index (χ4n) is 1.20. The van der Waals surface area contributed by atoms with Gasteiger partial charge in [-0.25, -0.2) is 0 Å². The average molecular weight is 320 g/mol. The van der Waals surface area contributed by atoms with Crippen LogP contribution in [-0.4, -0.2) is 19.7 Å². The van der Waals surface area contributed by atoms with Crippen molar-refractivity contribution in [2.24, 2.45) is 0 Å². The quantitative estimate of drug-likeness (QED) is 0.631. The summed E-state index contributed by atoms with van der Waals surface area (Å²) in [7, 11) is 1.63. The van der Waals surface area contributed by atoms with Crippen LogP contribution in [0.25, 0.3) is 0 Å². The second-order valence-electron chi connectivity index (χ2n) is 2.95. The molecule has 0 aromatic heterocycles. The van der Waals surface area contributed by atoms with Crippen LogP contribution < -0.4 is 4.74 Å². The Morgan fingerprint density at radius 3 is 2.73 bits per heavy atom. The highest BCUT2D eigenvalue weighted by Gasteiger charge is 2.06. The van der Waals surface area contributed by atoms with Gasteiger partial charge in [-0.2, -0.15) is 0 Å². The number of benzene rings is 1. The van der Waals surface area contributed by atoms with Gasteiger partial charge in [-0.15, -0.1) is 0 Å². The van der Waals surface area contributed by atoms with Crippen molar-refractivity contribution < 1.29 is 14.3 Å². The molecular formula is C11H13IO3. The standard InChI is InChI=1S/C11H13IO3/c1-3-15-11(13)7-8-4-5-10(14-2)9(12)6-8/h4-6H,3,7H2,1-2H3. The molecule has 82 valence electrons. The highest BCUT2D eigenvalue weighted by atomic mass is 127. The Kier molecular flexibility index (Phi) is 4.87. The summed E-state index contributed by atoms with van der Waals surface area (Å²) in [6, 6.07) is 5.66. The lowest BCUT2D eigenvalue weighted by atomic mass is 10.1. The summed E-state index contributed by atoms with van der Waals surface area (Å²) < 4.78 is 11.0. The second kappa shape index (κ2) is 5.95. The van der Waals surface area contributed by atoms with Gasteiger partial charge in [-0.3, -0.25) is 4.79 Å². The van der Waals surface area contributed by atoms with Gasteiger partial charge in [0.15, 0.2) is 0 Å². The Bertz CT molecular complexity index is 350. The average Bonchev–Trinajstić information content (AvgIpc) is 2.18. The lowest BCUT2D eigenvalue weighted by Gasteiger charge is -2.06. The van der Waals surface area contributed by atoms with Crippen molar-refractivity contribution in [3.8, 4) is 5.75 Å². The Labute approximate surface area is 103 Å². The molecule has 0 atom stereocenters. The molecule has 0 fully saturated rings. The largest absolute Gasteiger partial charge is 0.496 e. The monoisotopic (exact) mass is 320 g/mol. The van der Waals surface area contributed by atoms with Crippen molar-refractivity contribution in [3.63, 3.8) is 0 Å². The molecule has 0 saturated carbocycles. The summed E-state index contributed by atoms with van der Waals surface area (Å²) in [5, 5.41) is 0. The molecule has 0 amide bonds. The van der Waals surface area contributed by atoms with Crippen LogP contribution in [0, 0.1) is 3.57 Å². The molecule has 0 saturated heterocycles. The van der Waals surface area contributed by atoms with Crippen molar-refractivity contribution in [1.82, 2.24) is 0 Å². The summed E-state index contributed by atoms with van der Waals surface area (Å²) >= 11 is 2.18. The lowest BCUT2D eigenvalue weighted by Crippen LogP contribution is -2.07. The smallest absolute Gasteiger partial charge is 0.310 e. The van der Waals surface area contributed by atoms with E-state index in [0.29, 0.717) is 13.0 Å². The Morgan fingerprint density at radius 2 is 2.20 bits per heavy atom. The van der Waals surface area contributed by atoms with Gasteiger partial charge in [-0.05, 0) is 47.2 Å². The molecular weight excluding hydrogens is 307 g/mol. The maximum Gasteiger partial charge on any atom is 0.310 e. The van der Waals surface area contributed by atoms with Crippen molar-refractivity contribution in [1.29, 1.82) is 0 Å². The molecule has 0 heterocycles. The number of esters is 1. The molecule has 0 aliphatic heterocycles. The van der Waals surface area contributed by atoms with E-state index in [0.717, 1.165) is 14.9 Å². The van der Waals surface area contributed by atoms with E-state index in [1.165, 1.54) is 0 Å². The predicted molar refractivity (Wildman–Crippen MR) is 66.0 cm³/mol. The Hall–Kier alpha value is -0.780. The van der Waals surface area contributed by atoms with E-state index in [1.54, 1.807) is 14.0 Å². The fourth-order valence-corrected chi connectivity index (χ4v) is 2.00. The van der Waals surface area contributed by atoms with Crippen molar-refractivity contribution >= 4 is 28.6 Å². The van der Waals surface area contributed by atoms with Crippen LogP contribution in [0.5, 0.6) is 5.75 Å². The number of carbonyl (C=O) groups is 1. The first-order chi connectivity index (χ1) is 7.17. The summed E-state index contributed by atoms with van der Waals surface area (Å²) in [6.45, 7) is 2.22. The summed E-state index contributed by atoms with van der Waals surface area (Å²) in [6.07, 6.45) is 0.313. The molecule has 1 aromatic carbocycles. The first-order valence-electron chi connectivity index (χ1n) is 4.65. The van der Waals surface area contributed by atoms with E-state index >= 15 is 0 Å². The van der Waals surface area contributed by atoms with Crippen LogP contribution >= 0.6 is 22.6 Å². The number of ether oxygens (including phenoxy) is 2. The minimum absolute atomic E-state index is 0.196. The Balaban J connectivity index is 2.71. The van der Waals surface area contributed by atoms with E-state index in [2.05, 4.69) is 22.6 Å². The third kappa shape index (κ3) is 3.70. The van der Waals surface area contributed by atoms with Gasteiger partial charge >= 0.3 is 5.97 Å². The van der Waals surface area contributed by atoms with E-state index in [4.69, 9.17) is 9.47 Å². The topological polar surface area (TPSA) is 35.5 Å². The maximum absolute atomic E-state index is 11.2. The molecule has 0 unspecified atom stereocenters. The molecule has 0 radical (unpaired) electrons. The summed E-state index contributed by atoms with van der Waals surface area (Å²) in [5.74, 6) is 0.627. The maximum atomic E-state index is 11.2. The number of hydrogen-bond donors (Lipinski definition) is 0. The normalized spacial score (nSPS) is 9.80. The van der Waals surface area contributed by atoms with Gasteiger partial charge < -0.3 is 9.47 Å². The molecule has 1 rings (SSSR count). The van der Waals surface area contributed by atoms with Gasteiger partial charge in [0, 0.05) is 0 Å². The van der Waals surface area contributed by atoms with Crippen LogP contribution in [-0.2, 0) is 16.0 Å². The molecule has 1 aromatic rings. The number of methoxy groups -OCH3 is 1. The van der Waals surface area contributed by atoms with E-state index in [9.17, 15) is 4.79 Å². The van der Waals surface area contributed by atoms with Gasteiger partial charge in [0.2, 0.25) is 0 Å². The number of rotatable bonds is 4. The number of carbonyl (C=O) groups excluding carboxylic acids is 1. The second-order valence-corrected chi connectivity index (χ2v) is 4.11. The third-order valence-electron chi connectivity index (χ3n) is 1.87. The van der Waals surface area contributed by atoms with Gasteiger partial charge in [0.1, 0.15) is 5.75 Å². The Morgan fingerprint density at radius 1 is 1.47 bits per heavy atom. The van der Waals surface area contributed by atoms with Gasteiger partial charge in [0.25, 0.3) is 0 Å². The first-order valence-corrected chi connectivity index (χ1v) is 5.73. The van der Waals surface area contributed by atoms with Crippen LogP contribution in [0.2, 0.25) is 0 Å².